The van der Waals surface area contributed by atoms with Crippen molar-refractivity contribution < 1.29 is 9.47 Å². The second-order valence-electron chi connectivity index (χ2n) is 6.91. The lowest BCUT2D eigenvalue weighted by Gasteiger charge is -2.15. The number of rotatable bonds is 7. The van der Waals surface area contributed by atoms with Crippen molar-refractivity contribution in [2.75, 3.05) is 33.4 Å². The van der Waals surface area contributed by atoms with E-state index in [1.807, 2.05) is 12.1 Å². The van der Waals surface area contributed by atoms with Crippen molar-refractivity contribution in [1.82, 2.24) is 9.47 Å². The second-order valence-corrected chi connectivity index (χ2v) is 6.91. The van der Waals surface area contributed by atoms with Crippen LogP contribution in [0.15, 0.2) is 54.7 Å². The van der Waals surface area contributed by atoms with Gasteiger partial charge in [-0.2, -0.15) is 0 Å². The summed E-state index contributed by atoms with van der Waals surface area (Å²) in [4.78, 5) is 2.48. The molecule has 0 radical (unpaired) electrons. The number of nitrogens with zero attached hydrogens (tertiary/aromatic N) is 2. The van der Waals surface area contributed by atoms with Crippen LogP contribution in [0.3, 0.4) is 0 Å². The fourth-order valence-electron chi connectivity index (χ4n) is 3.67. The smallest absolute Gasteiger partial charge is 0.120 e. The molecule has 3 aromatic rings. The maximum atomic E-state index is 5.97. The molecule has 0 atom stereocenters. The van der Waals surface area contributed by atoms with E-state index in [1.165, 1.54) is 42.4 Å². The van der Waals surface area contributed by atoms with Gasteiger partial charge in [-0.25, -0.2) is 0 Å². The van der Waals surface area contributed by atoms with Crippen LogP contribution < -0.4 is 9.47 Å². The third kappa shape index (κ3) is 3.86. The Kier molecular flexibility index (Phi) is 5.12. The summed E-state index contributed by atoms with van der Waals surface area (Å²) in [5.41, 5.74) is 2.45. The van der Waals surface area contributed by atoms with Gasteiger partial charge < -0.3 is 14.0 Å². The number of hydrogen-bond acceptors (Lipinski definition) is 3. The molecule has 2 aromatic carbocycles. The van der Waals surface area contributed by atoms with Gasteiger partial charge in [0.1, 0.15) is 18.1 Å². The number of methoxy groups -OCH3 is 1. The molecular formula is C22H26N2O2. The highest BCUT2D eigenvalue weighted by Gasteiger charge is 2.11. The highest BCUT2D eigenvalue weighted by atomic mass is 16.5. The molecule has 1 saturated heterocycles. The fraction of sp³-hybridized carbons (Fsp3) is 0.364. The maximum Gasteiger partial charge on any atom is 0.120 e. The SMILES string of the molecule is COc1cccc(Cn2ccc3cc(OCCN4CCCC4)ccc32)c1. The van der Waals surface area contributed by atoms with Crippen LogP contribution in [-0.4, -0.2) is 42.8 Å². The van der Waals surface area contributed by atoms with Crippen LogP contribution in [0.25, 0.3) is 10.9 Å². The van der Waals surface area contributed by atoms with E-state index < -0.39 is 0 Å². The molecule has 0 N–H and O–H groups in total. The Hall–Kier alpha value is -2.46. The Morgan fingerprint density at radius 3 is 2.69 bits per heavy atom. The van der Waals surface area contributed by atoms with Crippen molar-refractivity contribution in [1.29, 1.82) is 0 Å². The quantitative estimate of drug-likeness (QED) is 0.640. The van der Waals surface area contributed by atoms with Gasteiger partial charge in [0.2, 0.25) is 0 Å². The molecule has 2 heterocycles. The Morgan fingerprint density at radius 2 is 1.85 bits per heavy atom. The zero-order chi connectivity index (χ0) is 17.8. The van der Waals surface area contributed by atoms with Gasteiger partial charge in [-0.05, 0) is 67.9 Å². The molecule has 136 valence electrons. The molecule has 4 nitrogen and oxygen atoms in total. The van der Waals surface area contributed by atoms with Crippen LogP contribution >= 0.6 is 0 Å². The van der Waals surface area contributed by atoms with Crippen LogP contribution in [0.4, 0.5) is 0 Å². The minimum Gasteiger partial charge on any atom is -0.497 e. The lowest BCUT2D eigenvalue weighted by Crippen LogP contribution is -2.25. The van der Waals surface area contributed by atoms with Crippen molar-refractivity contribution in [2.24, 2.45) is 0 Å². The fourth-order valence-corrected chi connectivity index (χ4v) is 3.67. The van der Waals surface area contributed by atoms with Gasteiger partial charge >= 0.3 is 0 Å². The normalized spacial score (nSPS) is 14.8. The zero-order valence-corrected chi connectivity index (χ0v) is 15.4. The predicted molar refractivity (Wildman–Crippen MR) is 105 cm³/mol. The number of ether oxygens (including phenoxy) is 2. The first-order valence-electron chi connectivity index (χ1n) is 9.39. The maximum absolute atomic E-state index is 5.97. The van der Waals surface area contributed by atoms with E-state index in [0.717, 1.165) is 31.2 Å². The van der Waals surface area contributed by atoms with Gasteiger partial charge in [0.25, 0.3) is 0 Å². The molecule has 0 spiro atoms. The zero-order valence-electron chi connectivity index (χ0n) is 15.4. The van der Waals surface area contributed by atoms with E-state index in [-0.39, 0.29) is 0 Å². The Balaban J connectivity index is 1.43. The number of hydrogen-bond donors (Lipinski definition) is 0. The third-order valence-corrected chi connectivity index (χ3v) is 5.10. The highest BCUT2D eigenvalue weighted by Crippen LogP contribution is 2.24. The van der Waals surface area contributed by atoms with Crippen LogP contribution in [0.5, 0.6) is 11.5 Å². The van der Waals surface area contributed by atoms with Gasteiger partial charge in [0.05, 0.1) is 7.11 Å². The summed E-state index contributed by atoms with van der Waals surface area (Å²) >= 11 is 0. The first kappa shape index (κ1) is 17.0. The third-order valence-electron chi connectivity index (χ3n) is 5.10. The Bertz CT molecular complexity index is 865. The molecule has 26 heavy (non-hydrogen) atoms. The number of aromatic nitrogens is 1. The summed E-state index contributed by atoms with van der Waals surface area (Å²) < 4.78 is 13.6. The molecule has 1 fully saturated rings. The molecule has 4 heteroatoms. The monoisotopic (exact) mass is 350 g/mol. The summed E-state index contributed by atoms with van der Waals surface area (Å²) in [5.74, 6) is 1.85. The van der Waals surface area contributed by atoms with E-state index in [4.69, 9.17) is 9.47 Å². The second kappa shape index (κ2) is 7.83. The van der Waals surface area contributed by atoms with Gasteiger partial charge in [-0.1, -0.05) is 12.1 Å². The molecule has 1 aliphatic rings. The van der Waals surface area contributed by atoms with Gasteiger partial charge in [0.15, 0.2) is 0 Å². The lowest BCUT2D eigenvalue weighted by atomic mass is 10.2. The summed E-state index contributed by atoms with van der Waals surface area (Å²) in [6.07, 6.45) is 4.79. The van der Waals surface area contributed by atoms with Crippen LogP contribution in [0, 0.1) is 0 Å². The molecule has 0 unspecified atom stereocenters. The van der Waals surface area contributed by atoms with Crippen molar-refractivity contribution in [3.63, 3.8) is 0 Å². The van der Waals surface area contributed by atoms with Crippen LogP contribution in [0.1, 0.15) is 18.4 Å². The Labute approximate surface area is 154 Å². The van der Waals surface area contributed by atoms with Gasteiger partial charge in [-0.3, -0.25) is 4.90 Å². The Morgan fingerprint density at radius 1 is 0.962 bits per heavy atom. The molecule has 0 aliphatic carbocycles. The highest BCUT2D eigenvalue weighted by molar-refractivity contribution is 5.81. The first-order chi connectivity index (χ1) is 12.8. The topological polar surface area (TPSA) is 26.6 Å². The van der Waals surface area contributed by atoms with E-state index in [1.54, 1.807) is 7.11 Å². The van der Waals surface area contributed by atoms with E-state index in [2.05, 4.69) is 52.1 Å². The van der Waals surface area contributed by atoms with Gasteiger partial charge in [-0.15, -0.1) is 0 Å². The number of likely N-dealkylation sites (tertiary alicyclic amines) is 1. The lowest BCUT2D eigenvalue weighted by molar-refractivity contribution is 0.238. The average Bonchev–Trinajstić information content (AvgIpc) is 3.32. The number of benzene rings is 2. The largest absolute Gasteiger partial charge is 0.497 e. The summed E-state index contributed by atoms with van der Waals surface area (Å²) in [5, 5.41) is 1.21. The average molecular weight is 350 g/mol. The first-order valence-corrected chi connectivity index (χ1v) is 9.39. The van der Waals surface area contributed by atoms with Gasteiger partial charge in [0, 0.05) is 30.2 Å². The minimum absolute atomic E-state index is 0.760. The van der Waals surface area contributed by atoms with Crippen LogP contribution in [0.2, 0.25) is 0 Å². The standard InChI is InChI=1S/C22H26N2O2/c1-25-20-6-4-5-18(15-20)17-24-12-9-19-16-21(7-8-22(19)24)26-14-13-23-10-2-3-11-23/h4-9,12,15-16H,2-3,10-11,13-14,17H2,1H3. The summed E-state index contributed by atoms with van der Waals surface area (Å²) in [6.45, 7) is 5.05. The van der Waals surface area contributed by atoms with Crippen molar-refractivity contribution in [3.8, 4) is 11.5 Å². The molecular weight excluding hydrogens is 324 g/mol. The molecule has 1 aromatic heterocycles. The molecule has 4 rings (SSSR count). The van der Waals surface area contributed by atoms with Crippen molar-refractivity contribution >= 4 is 10.9 Å². The molecule has 1 aliphatic heterocycles. The van der Waals surface area contributed by atoms with E-state index in [0.29, 0.717) is 0 Å². The van der Waals surface area contributed by atoms with Crippen molar-refractivity contribution in [2.45, 2.75) is 19.4 Å². The molecule has 0 amide bonds. The minimum atomic E-state index is 0.760. The summed E-state index contributed by atoms with van der Waals surface area (Å²) in [7, 11) is 1.70. The molecule has 0 saturated carbocycles. The number of fused-ring (bicyclic) bond motifs is 1. The van der Waals surface area contributed by atoms with Crippen molar-refractivity contribution in [3.05, 3.63) is 60.3 Å². The van der Waals surface area contributed by atoms with E-state index in [9.17, 15) is 0 Å². The predicted octanol–water partition coefficient (Wildman–Crippen LogP) is 4.17. The van der Waals surface area contributed by atoms with E-state index >= 15 is 0 Å². The van der Waals surface area contributed by atoms with Crippen LogP contribution in [-0.2, 0) is 6.54 Å². The molecule has 0 bridgehead atoms. The summed E-state index contributed by atoms with van der Waals surface area (Å²) in [6, 6.07) is 16.8.